The average molecular weight is 241 g/mol. The summed E-state index contributed by atoms with van der Waals surface area (Å²) >= 11 is 0. The minimum Gasteiger partial charge on any atom is -0.550 e. The summed E-state index contributed by atoms with van der Waals surface area (Å²) in [5.41, 5.74) is 0. The Morgan fingerprint density at radius 2 is 2.00 bits per heavy atom. The molecule has 0 bridgehead atoms. The Morgan fingerprint density at radius 1 is 1.41 bits per heavy atom. The maximum atomic E-state index is 11.1. The third kappa shape index (κ3) is 2.99. The van der Waals surface area contributed by atoms with Gasteiger partial charge in [0.2, 0.25) is 0 Å². The zero-order valence-corrected chi connectivity index (χ0v) is 10.9. The van der Waals surface area contributed by atoms with E-state index in [2.05, 4.69) is 0 Å². The molecule has 0 aliphatic heterocycles. The molecular weight excluding hydrogens is 220 g/mol. The quantitative estimate of drug-likeness (QED) is 0.688. The molecule has 0 aromatic carbocycles. The number of rotatable bonds is 4. The molecule has 1 fully saturated rings. The van der Waals surface area contributed by atoms with Crippen molar-refractivity contribution in [1.82, 2.24) is 0 Å². The van der Waals surface area contributed by atoms with E-state index >= 15 is 0 Å². The van der Waals surface area contributed by atoms with Crippen LogP contribution in [0.15, 0.2) is 0 Å². The molecule has 98 valence electrons. The lowest BCUT2D eigenvalue weighted by Crippen LogP contribution is -2.37. The van der Waals surface area contributed by atoms with Gasteiger partial charge in [0.15, 0.2) is 0 Å². The molecule has 1 aliphatic rings. The van der Waals surface area contributed by atoms with Crippen molar-refractivity contribution in [2.45, 2.75) is 46.6 Å². The number of ether oxygens (including phenoxy) is 1. The van der Waals surface area contributed by atoms with Crippen LogP contribution in [0.2, 0.25) is 0 Å². The second-order valence-electron chi connectivity index (χ2n) is 5.14. The largest absolute Gasteiger partial charge is 0.550 e. The van der Waals surface area contributed by atoms with Crippen molar-refractivity contribution in [3.63, 3.8) is 0 Å². The first-order chi connectivity index (χ1) is 7.88. The third-order valence-electron chi connectivity index (χ3n) is 3.96. The molecule has 0 radical (unpaired) electrons. The van der Waals surface area contributed by atoms with Gasteiger partial charge in [-0.25, -0.2) is 0 Å². The minimum absolute atomic E-state index is 0.0457. The Morgan fingerprint density at radius 3 is 2.41 bits per heavy atom. The molecule has 0 N–H and O–H groups in total. The van der Waals surface area contributed by atoms with Gasteiger partial charge in [0.05, 0.1) is 0 Å². The summed E-state index contributed by atoms with van der Waals surface area (Å²) in [7, 11) is 0. The van der Waals surface area contributed by atoms with Gasteiger partial charge in [0.25, 0.3) is 0 Å². The number of carbonyl (C=O) groups excluding carboxylic acids is 2. The first-order valence-corrected chi connectivity index (χ1v) is 6.26. The molecule has 1 rings (SSSR count). The van der Waals surface area contributed by atoms with Crippen LogP contribution < -0.4 is 5.11 Å². The van der Waals surface area contributed by atoms with Gasteiger partial charge < -0.3 is 14.6 Å². The molecule has 0 aromatic rings. The lowest BCUT2D eigenvalue weighted by Gasteiger charge is -2.28. The predicted molar refractivity (Wildman–Crippen MR) is 60.8 cm³/mol. The van der Waals surface area contributed by atoms with Crippen LogP contribution in [0.1, 0.15) is 40.5 Å². The van der Waals surface area contributed by atoms with Crippen LogP contribution in [0.4, 0.5) is 0 Å². The van der Waals surface area contributed by atoms with Gasteiger partial charge in [-0.15, -0.1) is 0 Å². The fourth-order valence-corrected chi connectivity index (χ4v) is 3.13. The summed E-state index contributed by atoms with van der Waals surface area (Å²) in [6.07, 6.45) is 1.19. The van der Waals surface area contributed by atoms with Crippen LogP contribution >= 0.6 is 0 Å². The van der Waals surface area contributed by atoms with Crippen molar-refractivity contribution in [1.29, 1.82) is 0 Å². The van der Waals surface area contributed by atoms with E-state index in [-0.39, 0.29) is 29.8 Å². The SMILES string of the molecule is CCC(C(=O)[O-])C1CC(C)C(OC(C)=O)C1C. The van der Waals surface area contributed by atoms with E-state index in [0.717, 1.165) is 6.42 Å². The Balaban J connectivity index is 2.78. The standard InChI is InChI=1S/C13H22O4/c1-5-10(13(15)16)11-6-7(2)12(8(11)3)17-9(4)14/h7-8,10-12H,5-6H2,1-4H3,(H,15,16)/p-1. The predicted octanol–water partition coefficient (Wildman–Crippen LogP) is 0.986. The Kier molecular flexibility index (Phi) is 4.54. The van der Waals surface area contributed by atoms with Crippen molar-refractivity contribution < 1.29 is 19.4 Å². The number of carbonyl (C=O) groups is 2. The van der Waals surface area contributed by atoms with Crippen LogP contribution in [0, 0.1) is 23.7 Å². The van der Waals surface area contributed by atoms with Crippen LogP contribution in [-0.4, -0.2) is 18.0 Å². The molecule has 4 heteroatoms. The molecule has 5 atom stereocenters. The monoisotopic (exact) mass is 241 g/mol. The molecule has 5 unspecified atom stereocenters. The second kappa shape index (κ2) is 5.52. The number of hydrogen-bond acceptors (Lipinski definition) is 4. The lowest BCUT2D eigenvalue weighted by atomic mass is 9.83. The topological polar surface area (TPSA) is 66.4 Å². The van der Waals surface area contributed by atoms with Crippen molar-refractivity contribution in [2.24, 2.45) is 23.7 Å². The highest BCUT2D eigenvalue weighted by molar-refractivity contribution is 5.68. The smallest absolute Gasteiger partial charge is 0.302 e. The Bertz CT molecular complexity index is 300. The molecule has 4 nitrogen and oxygen atoms in total. The fourth-order valence-electron chi connectivity index (χ4n) is 3.13. The number of esters is 1. The molecule has 0 aromatic heterocycles. The first-order valence-electron chi connectivity index (χ1n) is 6.26. The normalized spacial score (nSPS) is 34.4. The Labute approximate surface area is 102 Å². The lowest BCUT2D eigenvalue weighted by molar-refractivity contribution is -0.314. The van der Waals surface area contributed by atoms with Crippen molar-refractivity contribution in [3.05, 3.63) is 0 Å². The third-order valence-corrected chi connectivity index (χ3v) is 3.96. The zero-order chi connectivity index (χ0) is 13.2. The van der Waals surface area contributed by atoms with Crippen LogP contribution in [0.5, 0.6) is 0 Å². The molecule has 1 saturated carbocycles. The summed E-state index contributed by atoms with van der Waals surface area (Å²) in [6.45, 7) is 7.22. The number of carboxylic acid groups (broad SMARTS) is 1. The van der Waals surface area contributed by atoms with E-state index in [1.807, 2.05) is 20.8 Å². The van der Waals surface area contributed by atoms with Crippen molar-refractivity contribution in [3.8, 4) is 0 Å². The van der Waals surface area contributed by atoms with E-state index < -0.39 is 11.9 Å². The molecular formula is C13H21O4-. The van der Waals surface area contributed by atoms with Crippen LogP contribution in [0.25, 0.3) is 0 Å². The minimum atomic E-state index is -0.986. The summed E-state index contributed by atoms with van der Waals surface area (Å²) in [6, 6.07) is 0. The Hall–Kier alpha value is -1.06. The molecule has 17 heavy (non-hydrogen) atoms. The zero-order valence-electron chi connectivity index (χ0n) is 10.9. The highest BCUT2D eigenvalue weighted by atomic mass is 16.5. The maximum Gasteiger partial charge on any atom is 0.302 e. The van der Waals surface area contributed by atoms with Gasteiger partial charge in [0.1, 0.15) is 6.10 Å². The summed E-state index contributed by atoms with van der Waals surface area (Å²) < 4.78 is 5.29. The van der Waals surface area contributed by atoms with Gasteiger partial charge in [-0.05, 0) is 30.6 Å². The summed E-state index contributed by atoms with van der Waals surface area (Å²) in [5.74, 6) is -1.38. The number of carboxylic acids is 1. The van der Waals surface area contributed by atoms with Gasteiger partial charge in [-0.2, -0.15) is 0 Å². The molecule has 0 heterocycles. The average Bonchev–Trinajstić information content (AvgIpc) is 2.46. The van der Waals surface area contributed by atoms with Crippen molar-refractivity contribution >= 4 is 11.9 Å². The second-order valence-corrected chi connectivity index (χ2v) is 5.14. The fraction of sp³-hybridized carbons (Fsp3) is 0.846. The van der Waals surface area contributed by atoms with E-state index in [0.29, 0.717) is 6.42 Å². The number of aliphatic carboxylic acids is 1. The number of hydrogen-bond donors (Lipinski definition) is 0. The van der Waals surface area contributed by atoms with Crippen molar-refractivity contribution in [2.75, 3.05) is 0 Å². The summed E-state index contributed by atoms with van der Waals surface area (Å²) in [5, 5.41) is 11.1. The van der Waals surface area contributed by atoms with E-state index in [9.17, 15) is 14.7 Å². The van der Waals surface area contributed by atoms with E-state index in [1.54, 1.807) is 0 Å². The highest BCUT2D eigenvalue weighted by Crippen LogP contribution is 2.43. The van der Waals surface area contributed by atoms with Gasteiger partial charge >= 0.3 is 5.97 Å². The van der Waals surface area contributed by atoms with E-state index in [1.165, 1.54) is 6.92 Å². The van der Waals surface area contributed by atoms with Crippen LogP contribution in [0.3, 0.4) is 0 Å². The van der Waals surface area contributed by atoms with Gasteiger partial charge in [-0.3, -0.25) is 4.79 Å². The van der Waals surface area contributed by atoms with E-state index in [4.69, 9.17) is 4.74 Å². The van der Waals surface area contributed by atoms with Gasteiger partial charge in [-0.1, -0.05) is 20.8 Å². The first kappa shape index (κ1) is 14.0. The van der Waals surface area contributed by atoms with Gasteiger partial charge in [0, 0.05) is 18.8 Å². The maximum absolute atomic E-state index is 11.1. The van der Waals surface area contributed by atoms with Crippen LogP contribution in [-0.2, 0) is 14.3 Å². The molecule has 0 amide bonds. The molecule has 1 aliphatic carbocycles. The summed E-state index contributed by atoms with van der Waals surface area (Å²) in [4.78, 5) is 22.1. The molecule has 0 saturated heterocycles. The highest BCUT2D eigenvalue weighted by Gasteiger charge is 2.43. The molecule has 0 spiro atoms.